The molecule has 0 aliphatic carbocycles. The average molecular weight is 433 g/mol. The molecule has 6 heteroatoms. The Labute approximate surface area is 185 Å². The van der Waals surface area contributed by atoms with Gasteiger partial charge in [0, 0.05) is 10.7 Å². The number of nitrogens with one attached hydrogen (secondary N) is 1. The van der Waals surface area contributed by atoms with Crippen LogP contribution in [-0.2, 0) is 9.59 Å². The Balaban J connectivity index is 1.79. The van der Waals surface area contributed by atoms with Crippen molar-refractivity contribution in [1.29, 1.82) is 0 Å². The molecule has 0 aromatic heterocycles. The molecule has 1 aliphatic heterocycles. The van der Waals surface area contributed by atoms with Crippen LogP contribution in [0, 0.1) is 6.92 Å². The maximum Gasteiger partial charge on any atom is 0.282 e. The van der Waals surface area contributed by atoms with Gasteiger partial charge >= 0.3 is 0 Å². The molecule has 0 saturated heterocycles. The lowest BCUT2D eigenvalue weighted by Gasteiger charge is -2.15. The molecule has 5 nitrogen and oxygen atoms in total. The van der Waals surface area contributed by atoms with Gasteiger partial charge in [-0.05, 0) is 73.5 Å². The SMILES string of the molecule is CCOc1ccc(C2=C(Nc3cccc(C)c3)C(=O)N(c3ccc(Cl)cc3)C2=O)cc1. The van der Waals surface area contributed by atoms with Crippen LogP contribution in [0.5, 0.6) is 5.75 Å². The molecule has 31 heavy (non-hydrogen) atoms. The summed E-state index contributed by atoms with van der Waals surface area (Å²) < 4.78 is 5.50. The summed E-state index contributed by atoms with van der Waals surface area (Å²) in [4.78, 5) is 28.0. The van der Waals surface area contributed by atoms with Gasteiger partial charge in [-0.3, -0.25) is 9.59 Å². The van der Waals surface area contributed by atoms with Crippen LogP contribution in [-0.4, -0.2) is 18.4 Å². The summed E-state index contributed by atoms with van der Waals surface area (Å²) >= 11 is 5.98. The van der Waals surface area contributed by atoms with Gasteiger partial charge < -0.3 is 10.1 Å². The monoisotopic (exact) mass is 432 g/mol. The number of benzene rings is 3. The van der Waals surface area contributed by atoms with E-state index in [1.165, 1.54) is 4.90 Å². The number of carbonyl (C=O) groups excluding carboxylic acids is 2. The van der Waals surface area contributed by atoms with Gasteiger partial charge in [0.2, 0.25) is 0 Å². The smallest absolute Gasteiger partial charge is 0.282 e. The summed E-state index contributed by atoms with van der Waals surface area (Å²) in [7, 11) is 0. The van der Waals surface area contributed by atoms with Gasteiger partial charge in [0.1, 0.15) is 11.4 Å². The number of aryl methyl sites for hydroxylation is 1. The third-order valence-electron chi connectivity index (χ3n) is 4.91. The van der Waals surface area contributed by atoms with Crippen LogP contribution in [0.4, 0.5) is 11.4 Å². The van der Waals surface area contributed by atoms with Gasteiger partial charge in [0.15, 0.2) is 0 Å². The normalized spacial score (nSPS) is 13.7. The molecule has 0 saturated carbocycles. The van der Waals surface area contributed by atoms with Crippen LogP contribution in [0.2, 0.25) is 5.02 Å². The number of amides is 2. The average Bonchev–Trinajstić information content (AvgIpc) is 2.99. The molecule has 1 heterocycles. The van der Waals surface area contributed by atoms with Crippen molar-refractivity contribution in [3.05, 3.63) is 94.6 Å². The number of halogens is 1. The Bertz CT molecular complexity index is 1170. The van der Waals surface area contributed by atoms with Gasteiger partial charge in [0.25, 0.3) is 11.8 Å². The number of imide groups is 1. The van der Waals surface area contributed by atoms with Crippen LogP contribution in [0.25, 0.3) is 5.57 Å². The summed E-state index contributed by atoms with van der Waals surface area (Å²) in [6, 6.07) is 21.4. The first-order chi connectivity index (χ1) is 15.0. The third-order valence-corrected chi connectivity index (χ3v) is 5.16. The van der Waals surface area contributed by atoms with E-state index in [2.05, 4.69) is 5.32 Å². The lowest BCUT2D eigenvalue weighted by atomic mass is 10.0. The maximum absolute atomic E-state index is 13.4. The van der Waals surface area contributed by atoms with Crippen molar-refractivity contribution < 1.29 is 14.3 Å². The van der Waals surface area contributed by atoms with Crippen molar-refractivity contribution in [2.24, 2.45) is 0 Å². The van der Waals surface area contributed by atoms with E-state index in [1.807, 2.05) is 38.1 Å². The van der Waals surface area contributed by atoms with E-state index in [4.69, 9.17) is 16.3 Å². The molecule has 1 aliphatic rings. The van der Waals surface area contributed by atoms with Crippen molar-refractivity contribution in [2.45, 2.75) is 13.8 Å². The molecule has 2 amide bonds. The minimum Gasteiger partial charge on any atom is -0.494 e. The van der Waals surface area contributed by atoms with E-state index in [0.29, 0.717) is 34.2 Å². The summed E-state index contributed by atoms with van der Waals surface area (Å²) in [6.07, 6.45) is 0. The van der Waals surface area contributed by atoms with E-state index in [9.17, 15) is 9.59 Å². The highest BCUT2D eigenvalue weighted by Gasteiger charge is 2.40. The number of hydrogen-bond acceptors (Lipinski definition) is 4. The second kappa shape index (κ2) is 8.66. The van der Waals surface area contributed by atoms with Crippen LogP contribution in [0.3, 0.4) is 0 Å². The van der Waals surface area contributed by atoms with Crippen molar-refractivity contribution in [3.63, 3.8) is 0 Å². The molecule has 1 N–H and O–H groups in total. The summed E-state index contributed by atoms with van der Waals surface area (Å²) in [5, 5.41) is 3.70. The van der Waals surface area contributed by atoms with Crippen molar-refractivity contribution in [1.82, 2.24) is 0 Å². The molecule has 0 atom stereocenters. The van der Waals surface area contributed by atoms with Crippen molar-refractivity contribution in [3.8, 4) is 5.75 Å². The predicted octanol–water partition coefficient (Wildman–Crippen LogP) is 5.44. The van der Waals surface area contributed by atoms with Crippen LogP contribution in [0.1, 0.15) is 18.1 Å². The van der Waals surface area contributed by atoms with Crippen LogP contribution in [0.15, 0.2) is 78.5 Å². The summed E-state index contributed by atoms with van der Waals surface area (Å²) in [5.41, 5.74) is 3.41. The fourth-order valence-corrected chi connectivity index (χ4v) is 3.62. The Hall–Kier alpha value is -3.57. The van der Waals surface area contributed by atoms with E-state index in [0.717, 1.165) is 11.3 Å². The first-order valence-electron chi connectivity index (χ1n) is 9.93. The zero-order chi connectivity index (χ0) is 22.0. The zero-order valence-corrected chi connectivity index (χ0v) is 17.9. The second-order valence-electron chi connectivity index (χ2n) is 7.12. The number of anilines is 2. The minimum absolute atomic E-state index is 0.231. The van der Waals surface area contributed by atoms with E-state index in [-0.39, 0.29) is 5.70 Å². The summed E-state index contributed by atoms with van der Waals surface area (Å²) in [5.74, 6) is -0.115. The molecule has 0 fully saturated rings. The first-order valence-corrected chi connectivity index (χ1v) is 10.3. The largest absolute Gasteiger partial charge is 0.494 e. The molecule has 0 unspecified atom stereocenters. The number of hydrogen-bond donors (Lipinski definition) is 1. The highest BCUT2D eigenvalue weighted by atomic mass is 35.5. The van der Waals surface area contributed by atoms with Gasteiger partial charge in [-0.25, -0.2) is 4.90 Å². The highest BCUT2D eigenvalue weighted by molar-refractivity contribution is 6.46. The summed E-state index contributed by atoms with van der Waals surface area (Å²) in [6.45, 7) is 4.42. The first kappa shape index (κ1) is 20.7. The molecule has 0 spiro atoms. The predicted molar refractivity (Wildman–Crippen MR) is 123 cm³/mol. The molecule has 3 aromatic rings. The lowest BCUT2D eigenvalue weighted by Crippen LogP contribution is -2.32. The van der Waals surface area contributed by atoms with Crippen molar-refractivity contribution >= 4 is 40.4 Å². The number of ether oxygens (including phenoxy) is 1. The molecular weight excluding hydrogens is 412 g/mol. The van der Waals surface area contributed by atoms with Gasteiger partial charge in [-0.1, -0.05) is 35.9 Å². The van der Waals surface area contributed by atoms with Gasteiger partial charge in [0.05, 0.1) is 17.9 Å². The van der Waals surface area contributed by atoms with Crippen LogP contribution >= 0.6 is 11.6 Å². The molecule has 0 bridgehead atoms. The fourth-order valence-electron chi connectivity index (χ4n) is 3.49. The molecule has 4 rings (SSSR count). The molecular formula is C25H21ClN2O3. The second-order valence-corrected chi connectivity index (χ2v) is 7.56. The number of nitrogens with zero attached hydrogens (tertiary/aromatic N) is 1. The van der Waals surface area contributed by atoms with Gasteiger partial charge in [-0.15, -0.1) is 0 Å². The number of rotatable bonds is 6. The van der Waals surface area contributed by atoms with Crippen molar-refractivity contribution in [2.75, 3.05) is 16.8 Å². The Morgan fingerprint density at radius 2 is 1.65 bits per heavy atom. The van der Waals surface area contributed by atoms with E-state index in [1.54, 1.807) is 48.5 Å². The molecule has 0 radical (unpaired) electrons. The topological polar surface area (TPSA) is 58.6 Å². The maximum atomic E-state index is 13.4. The minimum atomic E-state index is -0.419. The quantitative estimate of drug-likeness (QED) is 0.526. The fraction of sp³-hybridized carbons (Fsp3) is 0.120. The Kier molecular flexibility index (Phi) is 5.78. The highest BCUT2D eigenvalue weighted by Crippen LogP contribution is 2.34. The van der Waals surface area contributed by atoms with E-state index >= 15 is 0 Å². The Morgan fingerprint density at radius 3 is 2.29 bits per heavy atom. The zero-order valence-electron chi connectivity index (χ0n) is 17.2. The Morgan fingerprint density at radius 1 is 0.935 bits per heavy atom. The third kappa shape index (κ3) is 4.18. The standard InChI is InChI=1S/C25H21ClN2O3/c1-3-31-21-13-7-17(8-14-21)22-23(27-19-6-4-5-16(2)15-19)25(30)28(24(22)29)20-11-9-18(26)10-12-20/h4-15,27H,3H2,1-2H3. The molecule has 156 valence electrons. The van der Waals surface area contributed by atoms with Gasteiger partial charge in [-0.2, -0.15) is 0 Å². The van der Waals surface area contributed by atoms with Crippen LogP contribution < -0.4 is 15.0 Å². The molecule has 3 aromatic carbocycles. The van der Waals surface area contributed by atoms with E-state index < -0.39 is 11.8 Å². The number of carbonyl (C=O) groups is 2. The lowest BCUT2D eigenvalue weighted by molar-refractivity contribution is -0.120.